The van der Waals surface area contributed by atoms with E-state index in [0.717, 1.165) is 50.3 Å². The molecule has 2 saturated heterocycles. The molecule has 1 aromatic carbocycles. The summed E-state index contributed by atoms with van der Waals surface area (Å²) in [5.74, 6) is 1.64. The number of anilines is 4. The average Bonchev–Trinajstić information content (AvgIpc) is 3.30. The molecule has 2 aromatic rings. The zero-order valence-corrected chi connectivity index (χ0v) is 17.0. The van der Waals surface area contributed by atoms with Gasteiger partial charge in [0.2, 0.25) is 23.8 Å². The van der Waals surface area contributed by atoms with Crippen LogP contribution in [0.4, 0.5) is 23.5 Å². The molecule has 2 aliphatic rings. The number of rotatable bonds is 6. The highest BCUT2D eigenvalue weighted by atomic mass is 16.5. The maximum Gasteiger partial charge on any atom is 0.250 e. The summed E-state index contributed by atoms with van der Waals surface area (Å²) < 4.78 is 5.44. The number of nitrogens with one attached hydrogen (secondary N) is 2. The van der Waals surface area contributed by atoms with Gasteiger partial charge in [-0.3, -0.25) is 4.79 Å². The second-order valence-corrected chi connectivity index (χ2v) is 7.23. The standard InChI is InChI=1S/C20H26N8O2/c1-15(29)22-17-6-4-16(5-7-17)14-21-26-18-23-19(27-8-2-3-9-27)25-20(24-18)28-10-12-30-13-11-28/h4-7,14H,2-3,8-13H2,1H3,(H,22,29)(H,23,24,25,26). The Morgan fingerprint density at radius 1 is 1.00 bits per heavy atom. The first-order valence-electron chi connectivity index (χ1n) is 10.2. The predicted octanol–water partition coefficient (Wildman–Crippen LogP) is 1.71. The van der Waals surface area contributed by atoms with Crippen LogP contribution in [0.25, 0.3) is 0 Å². The maximum atomic E-state index is 11.1. The van der Waals surface area contributed by atoms with Gasteiger partial charge in [0.05, 0.1) is 19.4 Å². The second kappa shape index (κ2) is 9.49. The molecule has 30 heavy (non-hydrogen) atoms. The van der Waals surface area contributed by atoms with Gasteiger partial charge in [-0.25, -0.2) is 5.43 Å². The summed E-state index contributed by atoms with van der Waals surface area (Å²) in [7, 11) is 0. The van der Waals surface area contributed by atoms with Crippen LogP contribution in [0, 0.1) is 0 Å². The fourth-order valence-electron chi connectivity index (χ4n) is 3.39. The Morgan fingerprint density at radius 2 is 1.63 bits per heavy atom. The van der Waals surface area contributed by atoms with Gasteiger partial charge in [-0.05, 0) is 30.5 Å². The molecule has 4 rings (SSSR count). The number of nitrogens with zero attached hydrogens (tertiary/aromatic N) is 6. The summed E-state index contributed by atoms with van der Waals surface area (Å²) >= 11 is 0. The Hall–Kier alpha value is -3.27. The zero-order chi connectivity index (χ0) is 20.8. The SMILES string of the molecule is CC(=O)Nc1ccc(C=NNc2nc(N3CCCC3)nc(N3CCOCC3)n2)cc1. The number of hydrazone groups is 1. The molecule has 0 radical (unpaired) electrons. The van der Waals surface area contributed by atoms with Gasteiger partial charge in [0.1, 0.15) is 0 Å². The van der Waals surface area contributed by atoms with Crippen LogP contribution in [-0.4, -0.2) is 66.5 Å². The van der Waals surface area contributed by atoms with E-state index >= 15 is 0 Å². The van der Waals surface area contributed by atoms with Crippen LogP contribution in [-0.2, 0) is 9.53 Å². The number of benzene rings is 1. The van der Waals surface area contributed by atoms with Crippen LogP contribution < -0.4 is 20.5 Å². The molecular weight excluding hydrogens is 384 g/mol. The van der Waals surface area contributed by atoms with E-state index < -0.39 is 0 Å². The molecule has 2 aliphatic heterocycles. The highest BCUT2D eigenvalue weighted by Crippen LogP contribution is 2.21. The van der Waals surface area contributed by atoms with E-state index in [4.69, 9.17) is 4.74 Å². The first kappa shape index (κ1) is 20.0. The lowest BCUT2D eigenvalue weighted by Crippen LogP contribution is -2.38. The molecule has 0 unspecified atom stereocenters. The Labute approximate surface area is 175 Å². The Balaban J connectivity index is 1.48. The van der Waals surface area contributed by atoms with Gasteiger partial charge >= 0.3 is 0 Å². The van der Waals surface area contributed by atoms with E-state index in [1.165, 1.54) is 6.92 Å². The first-order chi connectivity index (χ1) is 14.7. The van der Waals surface area contributed by atoms with Crippen molar-refractivity contribution in [3.63, 3.8) is 0 Å². The van der Waals surface area contributed by atoms with Crippen molar-refractivity contribution >= 4 is 35.7 Å². The molecule has 0 atom stereocenters. The molecule has 2 N–H and O–H groups in total. The van der Waals surface area contributed by atoms with Crippen LogP contribution in [0.5, 0.6) is 0 Å². The fraction of sp³-hybridized carbons (Fsp3) is 0.450. The summed E-state index contributed by atoms with van der Waals surface area (Å²) in [4.78, 5) is 29.2. The van der Waals surface area contributed by atoms with Gasteiger partial charge in [-0.2, -0.15) is 20.1 Å². The summed E-state index contributed by atoms with van der Waals surface area (Å²) in [5.41, 5.74) is 4.57. The third-order valence-corrected chi connectivity index (χ3v) is 4.90. The summed E-state index contributed by atoms with van der Waals surface area (Å²) in [6.45, 7) is 6.24. The fourth-order valence-corrected chi connectivity index (χ4v) is 3.39. The van der Waals surface area contributed by atoms with E-state index in [9.17, 15) is 4.79 Å². The van der Waals surface area contributed by atoms with Gasteiger partial charge < -0.3 is 19.9 Å². The number of carbonyl (C=O) groups is 1. The van der Waals surface area contributed by atoms with Crippen molar-refractivity contribution in [1.29, 1.82) is 0 Å². The van der Waals surface area contributed by atoms with Crippen LogP contribution >= 0.6 is 0 Å². The third kappa shape index (κ3) is 5.20. The topological polar surface area (TPSA) is 108 Å². The predicted molar refractivity (Wildman–Crippen MR) is 116 cm³/mol. The van der Waals surface area contributed by atoms with Gasteiger partial charge in [-0.1, -0.05) is 12.1 Å². The van der Waals surface area contributed by atoms with E-state index in [-0.39, 0.29) is 5.91 Å². The lowest BCUT2D eigenvalue weighted by atomic mass is 10.2. The monoisotopic (exact) mass is 410 g/mol. The molecule has 10 nitrogen and oxygen atoms in total. The lowest BCUT2D eigenvalue weighted by Gasteiger charge is -2.27. The van der Waals surface area contributed by atoms with Gasteiger partial charge in [-0.15, -0.1) is 0 Å². The molecule has 158 valence electrons. The highest BCUT2D eigenvalue weighted by Gasteiger charge is 2.21. The largest absolute Gasteiger partial charge is 0.378 e. The average molecular weight is 410 g/mol. The Kier molecular flexibility index (Phi) is 6.33. The molecule has 0 bridgehead atoms. The number of amides is 1. The number of aromatic nitrogens is 3. The van der Waals surface area contributed by atoms with E-state index in [1.54, 1.807) is 6.21 Å². The minimum absolute atomic E-state index is 0.0993. The van der Waals surface area contributed by atoms with Crippen LogP contribution in [0.2, 0.25) is 0 Å². The lowest BCUT2D eigenvalue weighted by molar-refractivity contribution is -0.114. The van der Waals surface area contributed by atoms with Crippen molar-refractivity contribution < 1.29 is 9.53 Å². The van der Waals surface area contributed by atoms with Gasteiger partial charge in [0.15, 0.2) is 0 Å². The number of ether oxygens (including phenoxy) is 1. The number of hydrogen-bond donors (Lipinski definition) is 2. The van der Waals surface area contributed by atoms with Crippen molar-refractivity contribution in [2.24, 2.45) is 5.10 Å². The van der Waals surface area contributed by atoms with Crippen molar-refractivity contribution in [3.05, 3.63) is 29.8 Å². The maximum absolute atomic E-state index is 11.1. The first-order valence-corrected chi connectivity index (χ1v) is 10.2. The molecular formula is C20H26N8O2. The van der Waals surface area contributed by atoms with Crippen molar-refractivity contribution in [2.75, 3.05) is 59.9 Å². The van der Waals surface area contributed by atoms with E-state index in [0.29, 0.717) is 31.1 Å². The smallest absolute Gasteiger partial charge is 0.250 e. The summed E-state index contributed by atoms with van der Waals surface area (Å²) in [5, 5.41) is 7.02. The molecule has 1 aromatic heterocycles. The summed E-state index contributed by atoms with van der Waals surface area (Å²) in [6, 6.07) is 7.40. The van der Waals surface area contributed by atoms with Gasteiger partial charge in [0.25, 0.3) is 0 Å². The third-order valence-electron chi connectivity index (χ3n) is 4.90. The van der Waals surface area contributed by atoms with Crippen molar-refractivity contribution in [1.82, 2.24) is 15.0 Å². The number of hydrogen-bond acceptors (Lipinski definition) is 9. The normalized spacial score (nSPS) is 16.8. The Bertz CT molecular complexity index is 890. The zero-order valence-electron chi connectivity index (χ0n) is 17.0. The quantitative estimate of drug-likeness (QED) is 0.547. The molecule has 10 heteroatoms. The summed E-state index contributed by atoms with van der Waals surface area (Å²) in [6.07, 6.45) is 3.98. The highest BCUT2D eigenvalue weighted by molar-refractivity contribution is 5.89. The van der Waals surface area contributed by atoms with Crippen molar-refractivity contribution in [3.8, 4) is 0 Å². The second-order valence-electron chi connectivity index (χ2n) is 7.23. The van der Waals surface area contributed by atoms with Crippen LogP contribution in [0.15, 0.2) is 29.4 Å². The molecule has 3 heterocycles. The van der Waals surface area contributed by atoms with Crippen LogP contribution in [0.3, 0.4) is 0 Å². The Morgan fingerprint density at radius 3 is 2.27 bits per heavy atom. The molecule has 2 fully saturated rings. The van der Waals surface area contributed by atoms with E-state index in [1.807, 2.05) is 24.3 Å². The number of carbonyl (C=O) groups excluding carboxylic acids is 1. The molecule has 0 aliphatic carbocycles. The molecule has 1 amide bonds. The van der Waals surface area contributed by atoms with Gasteiger partial charge in [0, 0.05) is 38.8 Å². The number of morpholine rings is 1. The minimum atomic E-state index is -0.0993. The molecule has 0 saturated carbocycles. The minimum Gasteiger partial charge on any atom is -0.378 e. The van der Waals surface area contributed by atoms with E-state index in [2.05, 4.69) is 40.6 Å². The van der Waals surface area contributed by atoms with Crippen molar-refractivity contribution in [2.45, 2.75) is 19.8 Å². The molecule has 0 spiro atoms. The van der Waals surface area contributed by atoms with Crippen LogP contribution in [0.1, 0.15) is 25.3 Å².